The van der Waals surface area contributed by atoms with Crippen LogP contribution < -0.4 is 4.90 Å². The van der Waals surface area contributed by atoms with Gasteiger partial charge in [-0.05, 0) is 56.9 Å². The first-order chi connectivity index (χ1) is 16.7. The number of hydrogen-bond donors (Lipinski definition) is 0. The van der Waals surface area contributed by atoms with E-state index in [-0.39, 0.29) is 41.8 Å². The van der Waals surface area contributed by atoms with Crippen molar-refractivity contribution in [3.8, 4) is 0 Å². The summed E-state index contributed by atoms with van der Waals surface area (Å²) in [7, 11) is 1.49. The summed E-state index contributed by atoms with van der Waals surface area (Å²) in [6.07, 6.45) is 1.03. The van der Waals surface area contributed by atoms with E-state index in [1.807, 2.05) is 26.0 Å². The number of allylic oxidation sites excluding steroid dienone is 1. The molecule has 0 N–H and O–H groups in total. The van der Waals surface area contributed by atoms with Gasteiger partial charge < -0.3 is 0 Å². The second-order valence-electron chi connectivity index (χ2n) is 9.77. The van der Waals surface area contributed by atoms with Crippen molar-refractivity contribution in [2.45, 2.75) is 33.1 Å². The molecule has 2 saturated heterocycles. The van der Waals surface area contributed by atoms with E-state index in [1.165, 1.54) is 11.9 Å². The van der Waals surface area contributed by atoms with Crippen LogP contribution in [0, 0.1) is 24.7 Å². The summed E-state index contributed by atoms with van der Waals surface area (Å²) < 4.78 is 0. The van der Waals surface area contributed by atoms with Crippen molar-refractivity contribution in [2.24, 2.45) is 17.8 Å². The number of benzene rings is 2. The standard InChI is InChI=1S/C28H26N2O5/c1-15-4-6-17(7-5-15)25(32)18-8-10-20(11-9-18)30-27(34)22-13-19(12-16(2)24(22)28(30)35)21-14-23(31)29(3)26(21)33/h4-11,19,21-22H,12-14H2,1-3H3. The molecule has 0 saturated carbocycles. The molecule has 2 aromatic rings. The Morgan fingerprint density at radius 1 is 0.829 bits per heavy atom. The summed E-state index contributed by atoms with van der Waals surface area (Å²) in [6, 6.07) is 13.8. The van der Waals surface area contributed by atoms with Crippen LogP contribution in [0.2, 0.25) is 0 Å². The monoisotopic (exact) mass is 470 g/mol. The Morgan fingerprint density at radius 3 is 2.00 bits per heavy atom. The molecule has 1 aliphatic carbocycles. The number of amides is 4. The summed E-state index contributed by atoms with van der Waals surface area (Å²) in [6.45, 7) is 3.78. The maximum atomic E-state index is 13.4. The first kappa shape index (κ1) is 22.9. The minimum atomic E-state index is -0.621. The van der Waals surface area contributed by atoms with Gasteiger partial charge in [0.1, 0.15) is 0 Å². The first-order valence-corrected chi connectivity index (χ1v) is 11.8. The smallest absolute Gasteiger partial charge is 0.261 e. The van der Waals surface area contributed by atoms with Gasteiger partial charge in [-0.1, -0.05) is 35.4 Å². The number of anilines is 1. The summed E-state index contributed by atoms with van der Waals surface area (Å²) in [5.74, 6) is -2.45. The number of likely N-dealkylation sites (tertiary alicyclic amines) is 1. The van der Waals surface area contributed by atoms with E-state index in [2.05, 4.69) is 0 Å². The van der Waals surface area contributed by atoms with Gasteiger partial charge in [-0.15, -0.1) is 0 Å². The zero-order chi connectivity index (χ0) is 25.0. The van der Waals surface area contributed by atoms with Crippen LogP contribution >= 0.6 is 0 Å². The van der Waals surface area contributed by atoms with E-state index >= 15 is 0 Å². The lowest BCUT2D eigenvalue weighted by Gasteiger charge is -2.29. The van der Waals surface area contributed by atoms with Crippen molar-refractivity contribution in [1.29, 1.82) is 0 Å². The van der Waals surface area contributed by atoms with E-state index in [9.17, 15) is 24.0 Å². The lowest BCUT2D eigenvalue weighted by atomic mass is 9.72. The Labute approximate surface area is 203 Å². The van der Waals surface area contributed by atoms with Gasteiger partial charge in [0.05, 0.1) is 17.5 Å². The second-order valence-corrected chi connectivity index (χ2v) is 9.77. The van der Waals surface area contributed by atoms with Gasteiger partial charge in [0.25, 0.3) is 5.91 Å². The van der Waals surface area contributed by atoms with Crippen LogP contribution in [-0.4, -0.2) is 41.4 Å². The lowest BCUT2D eigenvalue weighted by molar-refractivity contribution is -0.138. The number of ketones is 1. The molecule has 3 aliphatic rings. The van der Waals surface area contributed by atoms with E-state index in [1.54, 1.807) is 36.4 Å². The molecule has 0 spiro atoms. The molecule has 5 rings (SSSR count). The largest absolute Gasteiger partial charge is 0.289 e. The normalized spacial score (nSPS) is 24.5. The molecule has 2 heterocycles. The highest BCUT2D eigenvalue weighted by Gasteiger charge is 2.51. The third kappa shape index (κ3) is 3.71. The Hall–Kier alpha value is -3.87. The highest BCUT2D eigenvalue weighted by molar-refractivity contribution is 6.29. The number of rotatable bonds is 4. The molecule has 4 amide bonds. The Kier molecular flexibility index (Phi) is 5.50. The third-order valence-corrected chi connectivity index (χ3v) is 7.55. The molecular weight excluding hydrogens is 444 g/mol. The van der Waals surface area contributed by atoms with E-state index in [0.29, 0.717) is 35.2 Å². The predicted molar refractivity (Wildman–Crippen MR) is 128 cm³/mol. The lowest BCUT2D eigenvalue weighted by Crippen LogP contribution is -2.33. The molecule has 178 valence electrons. The van der Waals surface area contributed by atoms with Crippen LogP contribution in [0.25, 0.3) is 0 Å². The maximum absolute atomic E-state index is 13.4. The fourth-order valence-electron chi connectivity index (χ4n) is 5.57. The van der Waals surface area contributed by atoms with Crippen molar-refractivity contribution in [1.82, 2.24) is 4.90 Å². The molecule has 2 fully saturated rings. The van der Waals surface area contributed by atoms with Crippen LogP contribution in [-0.2, 0) is 19.2 Å². The van der Waals surface area contributed by atoms with Gasteiger partial charge in [-0.25, -0.2) is 4.90 Å². The van der Waals surface area contributed by atoms with Crippen LogP contribution in [0.5, 0.6) is 0 Å². The fraction of sp³-hybridized carbons (Fsp3) is 0.321. The maximum Gasteiger partial charge on any atom is 0.261 e. The average Bonchev–Trinajstić information content (AvgIpc) is 3.26. The summed E-state index contributed by atoms with van der Waals surface area (Å²) >= 11 is 0. The number of aryl methyl sites for hydroxylation is 1. The molecule has 0 bridgehead atoms. The van der Waals surface area contributed by atoms with Gasteiger partial charge >= 0.3 is 0 Å². The number of carbonyl (C=O) groups excluding carboxylic acids is 5. The number of imide groups is 2. The molecule has 3 unspecified atom stereocenters. The molecule has 7 nitrogen and oxygen atoms in total. The van der Waals surface area contributed by atoms with E-state index < -0.39 is 11.8 Å². The topological polar surface area (TPSA) is 91.8 Å². The zero-order valence-corrected chi connectivity index (χ0v) is 19.9. The van der Waals surface area contributed by atoms with Crippen molar-refractivity contribution in [3.05, 3.63) is 76.4 Å². The van der Waals surface area contributed by atoms with Gasteiger partial charge in [0, 0.05) is 30.2 Å². The van der Waals surface area contributed by atoms with E-state index in [4.69, 9.17) is 0 Å². The van der Waals surface area contributed by atoms with Gasteiger partial charge in [-0.3, -0.25) is 28.9 Å². The zero-order valence-electron chi connectivity index (χ0n) is 19.9. The fourth-order valence-corrected chi connectivity index (χ4v) is 5.57. The second kappa shape index (κ2) is 8.41. The highest BCUT2D eigenvalue weighted by Crippen LogP contribution is 2.46. The van der Waals surface area contributed by atoms with Gasteiger partial charge in [-0.2, -0.15) is 0 Å². The van der Waals surface area contributed by atoms with Gasteiger partial charge in [0.15, 0.2) is 5.78 Å². The predicted octanol–water partition coefficient (Wildman–Crippen LogP) is 3.45. The van der Waals surface area contributed by atoms with Crippen LogP contribution in [0.15, 0.2) is 59.7 Å². The van der Waals surface area contributed by atoms with Crippen LogP contribution in [0.4, 0.5) is 5.69 Å². The number of carbonyl (C=O) groups is 5. The molecule has 2 aliphatic heterocycles. The third-order valence-electron chi connectivity index (χ3n) is 7.55. The van der Waals surface area contributed by atoms with Crippen molar-refractivity contribution < 1.29 is 24.0 Å². The molecule has 0 radical (unpaired) electrons. The van der Waals surface area contributed by atoms with Gasteiger partial charge in [0.2, 0.25) is 17.7 Å². The molecule has 2 aromatic carbocycles. The summed E-state index contributed by atoms with van der Waals surface area (Å²) in [5, 5.41) is 0. The quantitative estimate of drug-likeness (QED) is 0.504. The first-order valence-electron chi connectivity index (χ1n) is 11.8. The molecule has 35 heavy (non-hydrogen) atoms. The Morgan fingerprint density at radius 2 is 1.43 bits per heavy atom. The van der Waals surface area contributed by atoms with Crippen molar-refractivity contribution in [3.63, 3.8) is 0 Å². The Balaban J connectivity index is 1.38. The SMILES string of the molecule is CC1=C2C(=O)N(c3ccc(C(=O)c4ccc(C)cc4)cc3)C(=O)C2CC(C2CC(=O)N(C)C2=O)C1. The number of fused-ring (bicyclic) bond motifs is 1. The van der Waals surface area contributed by atoms with Crippen LogP contribution in [0.1, 0.15) is 47.7 Å². The number of nitrogens with zero attached hydrogens (tertiary/aromatic N) is 2. The number of hydrogen-bond acceptors (Lipinski definition) is 5. The van der Waals surface area contributed by atoms with E-state index in [0.717, 1.165) is 16.0 Å². The molecular formula is C28H26N2O5. The highest BCUT2D eigenvalue weighted by atomic mass is 16.2. The molecule has 7 heteroatoms. The molecule has 0 aromatic heterocycles. The van der Waals surface area contributed by atoms with Crippen molar-refractivity contribution in [2.75, 3.05) is 11.9 Å². The minimum Gasteiger partial charge on any atom is -0.289 e. The molecule has 3 atom stereocenters. The summed E-state index contributed by atoms with van der Waals surface area (Å²) in [5.41, 5.74) is 3.81. The minimum absolute atomic E-state index is 0.133. The van der Waals surface area contributed by atoms with Crippen LogP contribution in [0.3, 0.4) is 0 Å². The van der Waals surface area contributed by atoms with Crippen molar-refractivity contribution >= 4 is 35.1 Å². The Bertz CT molecular complexity index is 1310. The summed E-state index contributed by atoms with van der Waals surface area (Å²) in [4.78, 5) is 66.4. The average molecular weight is 471 g/mol.